The van der Waals surface area contributed by atoms with E-state index in [1.165, 1.54) is 12.0 Å². The molecule has 2 heterocycles. The highest BCUT2D eigenvalue weighted by atomic mass is 16.6. The fraction of sp³-hybridized carbons (Fsp3) is 0.833. The first kappa shape index (κ1) is 14.7. The van der Waals surface area contributed by atoms with E-state index in [0.29, 0.717) is 6.42 Å². The third-order valence-electron chi connectivity index (χ3n) is 4.20. The van der Waals surface area contributed by atoms with Crippen molar-refractivity contribution in [2.45, 2.75) is 37.0 Å². The first-order valence-electron chi connectivity index (χ1n) is 6.76. The predicted octanol–water partition coefficient (Wildman–Crippen LogP) is -2.32. The molecule has 0 aromatic heterocycles. The Labute approximate surface area is 120 Å². The summed E-state index contributed by atoms with van der Waals surface area (Å²) in [6.07, 6.45) is -4.14. The lowest BCUT2D eigenvalue weighted by Gasteiger charge is -2.37. The molecular formula is C12H18N2O7. The van der Waals surface area contributed by atoms with E-state index in [-0.39, 0.29) is 24.6 Å². The number of imide groups is 1. The molecule has 1 aliphatic carbocycles. The zero-order chi connectivity index (χ0) is 15.3. The van der Waals surface area contributed by atoms with Crippen molar-refractivity contribution in [2.24, 2.45) is 5.92 Å². The standard InChI is InChI=1S/C12H18N2O7/c1-20-4-13-10(18)5-2-6(5)14(12(13)19)11-9(17)8(16)7(3-15)21-11/h5-9,11,15-17H,2-4H2,1H3/t5-,6-,7+,8+,9+,11+/m0/s1. The average molecular weight is 302 g/mol. The molecule has 9 heteroatoms. The number of nitrogens with zero attached hydrogens (tertiary/aromatic N) is 2. The number of hydrogen-bond acceptors (Lipinski definition) is 7. The zero-order valence-electron chi connectivity index (χ0n) is 11.5. The van der Waals surface area contributed by atoms with Crippen LogP contribution in [0.4, 0.5) is 4.79 Å². The zero-order valence-corrected chi connectivity index (χ0v) is 11.5. The van der Waals surface area contributed by atoms with Gasteiger partial charge in [-0.25, -0.2) is 9.69 Å². The minimum atomic E-state index is -1.33. The summed E-state index contributed by atoms with van der Waals surface area (Å²) in [6.45, 7) is -0.641. The summed E-state index contributed by atoms with van der Waals surface area (Å²) in [5.41, 5.74) is 0. The number of fused-ring (bicyclic) bond motifs is 1. The normalized spacial score (nSPS) is 42.5. The highest BCUT2D eigenvalue weighted by Gasteiger charge is 2.61. The maximum atomic E-state index is 12.4. The average Bonchev–Trinajstić information content (AvgIpc) is 3.20. The number of ether oxygens (including phenoxy) is 2. The lowest BCUT2D eigenvalue weighted by Crippen LogP contribution is -2.59. The van der Waals surface area contributed by atoms with Crippen molar-refractivity contribution < 1.29 is 34.4 Å². The molecule has 3 rings (SSSR count). The minimum Gasteiger partial charge on any atom is -0.394 e. The lowest BCUT2D eigenvalue weighted by atomic mass is 10.1. The Hall–Kier alpha value is -1.26. The summed E-state index contributed by atoms with van der Waals surface area (Å²) in [4.78, 5) is 26.6. The Morgan fingerprint density at radius 3 is 2.62 bits per heavy atom. The van der Waals surface area contributed by atoms with E-state index in [4.69, 9.17) is 14.6 Å². The van der Waals surface area contributed by atoms with Crippen LogP contribution in [0.2, 0.25) is 0 Å². The van der Waals surface area contributed by atoms with E-state index >= 15 is 0 Å². The van der Waals surface area contributed by atoms with Crippen LogP contribution in [0.5, 0.6) is 0 Å². The number of urea groups is 1. The van der Waals surface area contributed by atoms with Crippen molar-refractivity contribution in [1.29, 1.82) is 0 Å². The van der Waals surface area contributed by atoms with Crippen LogP contribution in [-0.2, 0) is 14.3 Å². The van der Waals surface area contributed by atoms with Crippen molar-refractivity contribution >= 4 is 11.9 Å². The molecule has 0 spiro atoms. The van der Waals surface area contributed by atoms with Crippen molar-refractivity contribution in [2.75, 3.05) is 20.4 Å². The van der Waals surface area contributed by atoms with Crippen LogP contribution in [0.15, 0.2) is 0 Å². The van der Waals surface area contributed by atoms with Gasteiger partial charge < -0.3 is 24.8 Å². The second-order valence-corrected chi connectivity index (χ2v) is 5.51. The summed E-state index contributed by atoms with van der Waals surface area (Å²) in [6, 6.07) is -0.946. The molecule has 21 heavy (non-hydrogen) atoms. The molecule has 2 aliphatic heterocycles. The molecule has 118 valence electrons. The lowest BCUT2D eigenvalue weighted by molar-refractivity contribution is -0.142. The van der Waals surface area contributed by atoms with E-state index < -0.39 is 37.2 Å². The summed E-state index contributed by atoms with van der Waals surface area (Å²) in [7, 11) is 1.37. The van der Waals surface area contributed by atoms with Crippen LogP contribution in [0.25, 0.3) is 0 Å². The van der Waals surface area contributed by atoms with Crippen molar-refractivity contribution in [1.82, 2.24) is 9.80 Å². The van der Waals surface area contributed by atoms with Crippen molar-refractivity contribution in [3.8, 4) is 0 Å². The second kappa shape index (κ2) is 5.18. The van der Waals surface area contributed by atoms with Crippen molar-refractivity contribution in [3.63, 3.8) is 0 Å². The number of aliphatic hydroxyl groups is 3. The largest absolute Gasteiger partial charge is 0.394 e. The van der Waals surface area contributed by atoms with Gasteiger partial charge in [-0.1, -0.05) is 0 Å². The van der Waals surface area contributed by atoms with Crippen molar-refractivity contribution in [3.05, 3.63) is 0 Å². The van der Waals surface area contributed by atoms with Gasteiger partial charge in [0, 0.05) is 13.2 Å². The van der Waals surface area contributed by atoms with E-state index in [1.54, 1.807) is 0 Å². The molecule has 6 atom stereocenters. The van der Waals surface area contributed by atoms with Gasteiger partial charge in [-0.2, -0.15) is 0 Å². The van der Waals surface area contributed by atoms with Crippen LogP contribution in [0, 0.1) is 5.92 Å². The van der Waals surface area contributed by atoms with E-state index in [9.17, 15) is 19.8 Å². The summed E-state index contributed by atoms with van der Waals surface area (Å²) < 4.78 is 10.2. The molecule has 0 bridgehead atoms. The Balaban J connectivity index is 1.82. The molecule has 1 saturated carbocycles. The quantitative estimate of drug-likeness (QED) is 0.533. The number of methoxy groups -OCH3 is 1. The fourth-order valence-electron chi connectivity index (χ4n) is 2.99. The van der Waals surface area contributed by atoms with Gasteiger partial charge in [0.25, 0.3) is 0 Å². The Morgan fingerprint density at radius 1 is 1.33 bits per heavy atom. The topological polar surface area (TPSA) is 120 Å². The molecule has 3 fully saturated rings. The smallest absolute Gasteiger partial charge is 0.331 e. The highest BCUT2D eigenvalue weighted by molar-refractivity contribution is 6.00. The van der Waals surface area contributed by atoms with Crippen LogP contribution >= 0.6 is 0 Å². The van der Waals surface area contributed by atoms with Gasteiger partial charge in [0.1, 0.15) is 25.0 Å². The van der Waals surface area contributed by atoms with Crippen LogP contribution in [-0.4, -0.2) is 88.1 Å². The number of carbonyl (C=O) groups excluding carboxylic acids is 2. The van der Waals surface area contributed by atoms with E-state index in [1.807, 2.05) is 0 Å². The Kier molecular flexibility index (Phi) is 3.62. The van der Waals surface area contributed by atoms with Gasteiger partial charge >= 0.3 is 6.03 Å². The number of aliphatic hydroxyl groups excluding tert-OH is 3. The van der Waals surface area contributed by atoms with Gasteiger partial charge in [0.2, 0.25) is 5.91 Å². The van der Waals surface area contributed by atoms with Crippen LogP contribution in [0.3, 0.4) is 0 Å². The molecule has 0 radical (unpaired) electrons. The minimum absolute atomic E-state index is 0.174. The summed E-state index contributed by atoms with van der Waals surface area (Å²) >= 11 is 0. The molecule has 3 N–H and O–H groups in total. The monoisotopic (exact) mass is 302 g/mol. The van der Waals surface area contributed by atoms with Crippen LogP contribution < -0.4 is 0 Å². The van der Waals surface area contributed by atoms with E-state index in [0.717, 1.165) is 4.90 Å². The summed E-state index contributed by atoms with van der Waals surface area (Å²) in [5.74, 6) is -0.617. The second-order valence-electron chi connectivity index (χ2n) is 5.51. The molecular weight excluding hydrogens is 284 g/mol. The van der Waals surface area contributed by atoms with Gasteiger partial charge in [-0.3, -0.25) is 9.69 Å². The molecule has 0 aromatic carbocycles. The molecule has 9 nitrogen and oxygen atoms in total. The maximum absolute atomic E-state index is 12.4. The predicted molar refractivity (Wildman–Crippen MR) is 65.6 cm³/mol. The number of carbonyl (C=O) groups is 2. The van der Waals surface area contributed by atoms with E-state index in [2.05, 4.69) is 0 Å². The van der Waals surface area contributed by atoms with Gasteiger partial charge in [0.15, 0.2) is 6.23 Å². The molecule has 0 aromatic rings. The maximum Gasteiger partial charge on any atom is 0.331 e. The third-order valence-corrected chi connectivity index (χ3v) is 4.20. The van der Waals surface area contributed by atoms with Crippen LogP contribution in [0.1, 0.15) is 6.42 Å². The SMILES string of the molecule is COCN1C(=O)[C@H]2C[C@@H]2N([C@@H]2O[C@H](CO)[C@@H](O)[C@H]2O)C1=O. The first-order valence-corrected chi connectivity index (χ1v) is 6.76. The van der Waals surface area contributed by atoms with Gasteiger partial charge in [-0.15, -0.1) is 0 Å². The number of rotatable bonds is 4. The fourth-order valence-corrected chi connectivity index (χ4v) is 2.99. The Bertz CT molecular complexity index is 459. The number of amides is 3. The Morgan fingerprint density at radius 2 is 2.05 bits per heavy atom. The molecule has 0 unspecified atom stereocenters. The number of hydrogen-bond donors (Lipinski definition) is 3. The molecule has 3 aliphatic rings. The molecule has 3 amide bonds. The molecule has 2 saturated heterocycles. The third kappa shape index (κ3) is 2.12. The summed E-state index contributed by atoms with van der Waals surface area (Å²) in [5, 5.41) is 28.9. The highest BCUT2D eigenvalue weighted by Crippen LogP contribution is 2.44. The van der Waals surface area contributed by atoms with Gasteiger partial charge in [-0.05, 0) is 6.42 Å². The first-order chi connectivity index (χ1) is 10.0. The van der Waals surface area contributed by atoms with Gasteiger partial charge in [0.05, 0.1) is 12.5 Å².